The largest absolute Gasteiger partial charge is 0.433 e. The molecule has 0 aliphatic carbocycles. The average Bonchev–Trinajstić information content (AvgIpc) is 3.16. The Labute approximate surface area is 153 Å². The fraction of sp³-hybridized carbons (Fsp3) is 0.222. The maximum Gasteiger partial charge on any atom is 0.433 e. The molecule has 1 aromatic carbocycles. The first kappa shape index (κ1) is 19.5. The number of thiophene rings is 1. The zero-order chi connectivity index (χ0) is 18.3. The molecular formula is C18H17F3N2S2. The van der Waals surface area contributed by atoms with Crippen LogP contribution in [0.1, 0.15) is 25.1 Å². The van der Waals surface area contributed by atoms with E-state index in [4.69, 9.17) is 0 Å². The lowest BCUT2D eigenvalue weighted by molar-refractivity contribution is -0.141. The topological polar surface area (TPSA) is 25.8 Å². The molecule has 7 heteroatoms. The zero-order valence-corrected chi connectivity index (χ0v) is 15.4. The van der Waals surface area contributed by atoms with Gasteiger partial charge in [-0.1, -0.05) is 62.0 Å². The van der Waals surface area contributed by atoms with E-state index in [2.05, 4.69) is 9.97 Å². The van der Waals surface area contributed by atoms with Crippen LogP contribution in [0.2, 0.25) is 0 Å². The van der Waals surface area contributed by atoms with Crippen molar-refractivity contribution in [3.63, 3.8) is 0 Å². The number of benzene rings is 1. The lowest BCUT2D eigenvalue weighted by Crippen LogP contribution is -2.10. The van der Waals surface area contributed by atoms with Crippen LogP contribution in [0.5, 0.6) is 0 Å². The minimum atomic E-state index is -4.49. The fourth-order valence-electron chi connectivity index (χ4n) is 1.91. The van der Waals surface area contributed by atoms with Gasteiger partial charge in [0.15, 0.2) is 5.16 Å². The molecule has 0 N–H and O–H groups in total. The lowest BCUT2D eigenvalue weighted by atomic mass is 10.2. The second kappa shape index (κ2) is 9.01. The Hall–Kier alpha value is -1.86. The minimum absolute atomic E-state index is 0.132. The van der Waals surface area contributed by atoms with Crippen molar-refractivity contribution < 1.29 is 13.2 Å². The number of alkyl halides is 3. The highest BCUT2D eigenvalue weighted by molar-refractivity contribution is 7.98. The van der Waals surface area contributed by atoms with Crippen molar-refractivity contribution in [1.29, 1.82) is 0 Å². The number of rotatable bonds is 4. The molecule has 0 unspecified atom stereocenters. The molecular weight excluding hydrogens is 365 g/mol. The number of nitrogens with zero attached hydrogens (tertiary/aromatic N) is 2. The molecule has 0 bridgehead atoms. The van der Waals surface area contributed by atoms with Crippen LogP contribution in [0.4, 0.5) is 13.2 Å². The molecule has 2 nitrogen and oxygen atoms in total. The summed E-state index contributed by atoms with van der Waals surface area (Å²) in [4.78, 5) is 8.62. The summed E-state index contributed by atoms with van der Waals surface area (Å²) in [6, 6.07) is 14.0. The van der Waals surface area contributed by atoms with E-state index < -0.39 is 11.9 Å². The molecule has 0 spiro atoms. The summed E-state index contributed by atoms with van der Waals surface area (Å²) in [6.07, 6.45) is -4.49. The van der Waals surface area contributed by atoms with Gasteiger partial charge in [0.05, 0.1) is 10.6 Å². The second-order valence-electron chi connectivity index (χ2n) is 4.67. The highest BCUT2D eigenvalue weighted by Gasteiger charge is 2.33. The maximum absolute atomic E-state index is 13.1. The van der Waals surface area contributed by atoms with Gasteiger partial charge in [-0.25, -0.2) is 9.97 Å². The van der Waals surface area contributed by atoms with Gasteiger partial charge >= 0.3 is 6.18 Å². The predicted octanol–water partition coefficient (Wildman–Crippen LogP) is 6.54. The average molecular weight is 382 g/mol. The minimum Gasteiger partial charge on any atom is -0.222 e. The Morgan fingerprint density at radius 3 is 2.32 bits per heavy atom. The van der Waals surface area contributed by atoms with Crippen molar-refractivity contribution in [3.05, 3.63) is 65.2 Å². The van der Waals surface area contributed by atoms with Gasteiger partial charge < -0.3 is 0 Å². The molecule has 2 heterocycles. The molecule has 132 valence electrons. The molecule has 0 atom stereocenters. The molecule has 25 heavy (non-hydrogen) atoms. The Morgan fingerprint density at radius 1 is 1.00 bits per heavy atom. The van der Waals surface area contributed by atoms with Crippen molar-refractivity contribution in [2.24, 2.45) is 0 Å². The molecule has 0 saturated carbocycles. The lowest BCUT2D eigenvalue weighted by Gasteiger charge is -2.09. The van der Waals surface area contributed by atoms with Gasteiger partial charge in [0, 0.05) is 5.75 Å². The van der Waals surface area contributed by atoms with Gasteiger partial charge in [-0.15, -0.1) is 11.3 Å². The smallest absolute Gasteiger partial charge is 0.222 e. The third-order valence-corrected chi connectivity index (χ3v) is 4.79. The number of hydrogen-bond donors (Lipinski definition) is 0. The summed E-state index contributed by atoms with van der Waals surface area (Å²) in [5, 5.41) is 1.94. The zero-order valence-electron chi connectivity index (χ0n) is 13.7. The highest BCUT2D eigenvalue weighted by atomic mass is 32.2. The third-order valence-electron chi connectivity index (χ3n) is 2.98. The first-order valence-electron chi connectivity index (χ1n) is 7.69. The van der Waals surface area contributed by atoms with Crippen LogP contribution < -0.4 is 0 Å². The standard InChI is InChI=1S/C16H11F3N2S2.C2H6/c17-16(18,19)14-9-12(13-7-4-8-22-13)20-15(21-14)23-10-11-5-2-1-3-6-11;1-2/h1-9H,10H2;1-2H3. The summed E-state index contributed by atoms with van der Waals surface area (Å²) in [6.45, 7) is 4.00. The Bertz CT molecular complexity index is 773. The van der Waals surface area contributed by atoms with Gasteiger partial charge in [0.25, 0.3) is 0 Å². The van der Waals surface area contributed by atoms with E-state index in [1.807, 2.05) is 49.6 Å². The maximum atomic E-state index is 13.1. The first-order valence-corrected chi connectivity index (χ1v) is 9.56. The molecule has 3 rings (SSSR count). The molecule has 3 aromatic rings. The van der Waals surface area contributed by atoms with Crippen molar-refractivity contribution in [2.75, 3.05) is 0 Å². The van der Waals surface area contributed by atoms with Crippen LogP contribution in [-0.4, -0.2) is 9.97 Å². The summed E-state index contributed by atoms with van der Waals surface area (Å²) in [7, 11) is 0. The summed E-state index contributed by atoms with van der Waals surface area (Å²) < 4.78 is 39.2. The van der Waals surface area contributed by atoms with E-state index in [-0.39, 0.29) is 5.16 Å². The van der Waals surface area contributed by atoms with Crippen LogP contribution in [0.25, 0.3) is 10.6 Å². The SMILES string of the molecule is CC.FC(F)(F)c1cc(-c2cccs2)nc(SCc2ccccc2)n1. The van der Waals surface area contributed by atoms with Gasteiger partial charge in [-0.3, -0.25) is 0 Å². The summed E-state index contributed by atoms with van der Waals surface area (Å²) >= 11 is 2.55. The Balaban J connectivity index is 0.00000109. The monoisotopic (exact) mass is 382 g/mol. The molecule has 0 radical (unpaired) electrons. The van der Waals surface area contributed by atoms with Gasteiger partial charge in [0.2, 0.25) is 0 Å². The predicted molar refractivity (Wildman–Crippen MR) is 97.7 cm³/mol. The molecule has 0 amide bonds. The van der Waals surface area contributed by atoms with E-state index in [0.29, 0.717) is 16.3 Å². The number of hydrogen-bond acceptors (Lipinski definition) is 4. The van der Waals surface area contributed by atoms with E-state index in [1.54, 1.807) is 12.1 Å². The first-order chi connectivity index (χ1) is 12.0. The van der Waals surface area contributed by atoms with Crippen molar-refractivity contribution >= 4 is 23.1 Å². The van der Waals surface area contributed by atoms with Gasteiger partial charge in [0.1, 0.15) is 5.69 Å². The normalized spacial score (nSPS) is 10.9. The van der Waals surface area contributed by atoms with Gasteiger partial charge in [-0.05, 0) is 23.1 Å². The van der Waals surface area contributed by atoms with Crippen LogP contribution in [0.3, 0.4) is 0 Å². The molecule has 0 aliphatic rings. The third kappa shape index (κ3) is 5.57. The van der Waals surface area contributed by atoms with Crippen molar-refractivity contribution in [1.82, 2.24) is 9.97 Å². The van der Waals surface area contributed by atoms with Crippen molar-refractivity contribution in [2.45, 2.75) is 30.9 Å². The fourth-order valence-corrected chi connectivity index (χ4v) is 3.41. The van der Waals surface area contributed by atoms with Crippen LogP contribution in [-0.2, 0) is 11.9 Å². The second-order valence-corrected chi connectivity index (χ2v) is 6.56. The van der Waals surface area contributed by atoms with Crippen LogP contribution in [0.15, 0.2) is 59.1 Å². The van der Waals surface area contributed by atoms with Gasteiger partial charge in [-0.2, -0.15) is 13.2 Å². The molecule has 2 aromatic heterocycles. The number of halogens is 3. The summed E-state index contributed by atoms with van der Waals surface area (Å²) in [5.41, 5.74) is 0.403. The quantitative estimate of drug-likeness (QED) is 0.378. The number of thioether (sulfide) groups is 1. The van der Waals surface area contributed by atoms with Crippen molar-refractivity contribution in [3.8, 4) is 10.6 Å². The van der Waals surface area contributed by atoms with Crippen LogP contribution >= 0.6 is 23.1 Å². The molecule has 0 saturated heterocycles. The van der Waals surface area contributed by atoms with Crippen LogP contribution in [0, 0.1) is 0 Å². The Morgan fingerprint density at radius 2 is 1.72 bits per heavy atom. The highest BCUT2D eigenvalue weighted by Crippen LogP contribution is 2.33. The van der Waals surface area contributed by atoms with E-state index in [1.165, 1.54) is 23.1 Å². The molecule has 0 fully saturated rings. The molecule has 0 aliphatic heterocycles. The number of aromatic nitrogens is 2. The van der Waals surface area contributed by atoms with E-state index in [0.717, 1.165) is 11.6 Å². The van der Waals surface area contributed by atoms with E-state index >= 15 is 0 Å². The Kier molecular flexibility index (Phi) is 7.01. The summed E-state index contributed by atoms with van der Waals surface area (Å²) in [5.74, 6) is 0.520. The van der Waals surface area contributed by atoms with E-state index in [9.17, 15) is 13.2 Å².